The highest BCUT2D eigenvalue weighted by Crippen LogP contribution is 2.27. The number of hydrogen-bond donors (Lipinski definition) is 0. The molecular formula is C18H15ClFNO3S. The summed E-state index contributed by atoms with van der Waals surface area (Å²) >= 11 is 6.11. The van der Waals surface area contributed by atoms with E-state index in [9.17, 15) is 8.60 Å². The van der Waals surface area contributed by atoms with Crippen LogP contribution in [0.2, 0.25) is 5.02 Å². The lowest BCUT2D eigenvalue weighted by molar-refractivity contribution is 0.386. The Kier molecular flexibility index (Phi) is 5.50. The number of oxazole rings is 1. The van der Waals surface area contributed by atoms with Crippen molar-refractivity contribution >= 4 is 22.4 Å². The van der Waals surface area contributed by atoms with Crippen molar-refractivity contribution in [1.29, 1.82) is 0 Å². The lowest BCUT2D eigenvalue weighted by Gasteiger charge is -2.05. The first-order chi connectivity index (χ1) is 12.1. The fourth-order valence-corrected chi connectivity index (χ4v) is 3.67. The minimum Gasteiger partial charge on any atom is -0.494 e. The fourth-order valence-electron chi connectivity index (χ4n) is 2.33. The molecule has 1 aromatic heterocycles. The second kappa shape index (κ2) is 7.80. The maximum atomic E-state index is 13.7. The molecular weight excluding hydrogens is 365 g/mol. The summed E-state index contributed by atoms with van der Waals surface area (Å²) in [7, 11) is 0.150. The SMILES string of the molecule is COc1ccc(C[S@](=O)Cc2coc(-c3ccccc3Cl)n2)cc1F. The van der Waals surface area contributed by atoms with Crippen molar-refractivity contribution in [3.8, 4) is 17.2 Å². The molecule has 0 aliphatic carbocycles. The summed E-state index contributed by atoms with van der Waals surface area (Å²) in [4.78, 5) is 4.33. The summed E-state index contributed by atoms with van der Waals surface area (Å²) in [6.07, 6.45) is 1.46. The third kappa shape index (κ3) is 4.27. The van der Waals surface area contributed by atoms with Gasteiger partial charge in [-0.25, -0.2) is 9.37 Å². The Labute approximate surface area is 152 Å². The third-order valence-electron chi connectivity index (χ3n) is 3.51. The topological polar surface area (TPSA) is 52.3 Å². The van der Waals surface area contributed by atoms with Crippen LogP contribution in [0, 0.1) is 5.82 Å². The minimum absolute atomic E-state index is 0.162. The van der Waals surface area contributed by atoms with Crippen molar-refractivity contribution < 1.29 is 17.8 Å². The molecule has 1 atom stereocenters. The van der Waals surface area contributed by atoms with Crippen LogP contribution in [-0.2, 0) is 22.3 Å². The van der Waals surface area contributed by atoms with Gasteiger partial charge in [-0.2, -0.15) is 0 Å². The van der Waals surface area contributed by atoms with Crippen molar-refractivity contribution in [2.75, 3.05) is 7.11 Å². The summed E-state index contributed by atoms with van der Waals surface area (Å²) in [5, 5.41) is 0.533. The smallest absolute Gasteiger partial charge is 0.227 e. The standard InChI is InChI=1S/C18H15ClFNO3S/c1-23-17-7-6-12(8-16(17)20)10-25(22)11-13-9-24-18(21-13)14-4-2-3-5-15(14)19/h2-9H,10-11H2,1H3/t25-/m0/s1. The molecule has 0 saturated heterocycles. The number of halogens is 2. The van der Waals surface area contributed by atoms with Crippen molar-refractivity contribution in [3.63, 3.8) is 0 Å². The minimum atomic E-state index is -1.25. The van der Waals surface area contributed by atoms with Gasteiger partial charge in [0, 0.05) is 16.6 Å². The maximum absolute atomic E-state index is 13.7. The Morgan fingerprint density at radius 1 is 1.24 bits per heavy atom. The third-order valence-corrected chi connectivity index (χ3v) is 5.11. The molecule has 0 spiro atoms. The van der Waals surface area contributed by atoms with Gasteiger partial charge < -0.3 is 9.15 Å². The van der Waals surface area contributed by atoms with E-state index in [1.54, 1.807) is 18.2 Å². The normalized spacial score (nSPS) is 12.1. The van der Waals surface area contributed by atoms with E-state index >= 15 is 0 Å². The van der Waals surface area contributed by atoms with Crippen LogP contribution in [0.4, 0.5) is 4.39 Å². The van der Waals surface area contributed by atoms with E-state index in [4.69, 9.17) is 20.8 Å². The van der Waals surface area contributed by atoms with Crippen LogP contribution in [0.25, 0.3) is 11.5 Å². The molecule has 0 aliphatic rings. The van der Waals surface area contributed by atoms with Gasteiger partial charge in [-0.3, -0.25) is 4.21 Å². The quantitative estimate of drug-likeness (QED) is 0.628. The largest absolute Gasteiger partial charge is 0.494 e. The summed E-state index contributed by atoms with van der Waals surface area (Å²) in [5.41, 5.74) is 1.87. The van der Waals surface area contributed by atoms with Crippen LogP contribution >= 0.6 is 11.6 Å². The Balaban J connectivity index is 1.68. The van der Waals surface area contributed by atoms with Gasteiger partial charge in [0.05, 0.1) is 29.1 Å². The monoisotopic (exact) mass is 379 g/mol. The zero-order valence-corrected chi connectivity index (χ0v) is 14.9. The zero-order chi connectivity index (χ0) is 17.8. The number of hydrogen-bond acceptors (Lipinski definition) is 4. The van der Waals surface area contributed by atoms with E-state index < -0.39 is 16.6 Å². The van der Waals surface area contributed by atoms with E-state index in [1.165, 1.54) is 25.5 Å². The molecule has 130 valence electrons. The second-order valence-electron chi connectivity index (χ2n) is 5.32. The van der Waals surface area contributed by atoms with Gasteiger partial charge in [0.2, 0.25) is 5.89 Å². The highest BCUT2D eigenvalue weighted by molar-refractivity contribution is 7.83. The average molecular weight is 380 g/mol. The van der Waals surface area contributed by atoms with Crippen LogP contribution in [-0.4, -0.2) is 16.3 Å². The molecule has 1 heterocycles. The van der Waals surface area contributed by atoms with Gasteiger partial charge in [0.25, 0.3) is 0 Å². The van der Waals surface area contributed by atoms with Gasteiger partial charge in [0.15, 0.2) is 11.6 Å². The van der Waals surface area contributed by atoms with Crippen molar-refractivity contribution in [3.05, 3.63) is 70.8 Å². The van der Waals surface area contributed by atoms with E-state index in [0.29, 0.717) is 27.7 Å². The summed E-state index contributed by atoms with van der Waals surface area (Å²) in [6, 6.07) is 11.7. The second-order valence-corrected chi connectivity index (χ2v) is 7.19. The first kappa shape index (κ1) is 17.6. The van der Waals surface area contributed by atoms with Gasteiger partial charge in [-0.05, 0) is 29.8 Å². The van der Waals surface area contributed by atoms with Crippen LogP contribution in [0.15, 0.2) is 53.1 Å². The predicted molar refractivity (Wildman–Crippen MR) is 95.5 cm³/mol. The molecule has 2 aromatic carbocycles. The summed E-state index contributed by atoms with van der Waals surface area (Å²) in [5.74, 6) is 0.500. The lowest BCUT2D eigenvalue weighted by Crippen LogP contribution is -2.01. The molecule has 7 heteroatoms. The predicted octanol–water partition coefficient (Wildman–Crippen LogP) is 4.59. The number of benzene rings is 2. The van der Waals surface area contributed by atoms with Gasteiger partial charge in [-0.1, -0.05) is 29.8 Å². The Morgan fingerprint density at radius 3 is 2.76 bits per heavy atom. The molecule has 0 unspecified atom stereocenters. The number of methoxy groups -OCH3 is 1. The molecule has 0 bridgehead atoms. The molecule has 0 saturated carbocycles. The maximum Gasteiger partial charge on any atom is 0.227 e. The number of nitrogens with zero attached hydrogens (tertiary/aromatic N) is 1. The van der Waals surface area contributed by atoms with E-state index in [1.807, 2.05) is 12.1 Å². The molecule has 0 amide bonds. The molecule has 3 rings (SSSR count). The van der Waals surface area contributed by atoms with Crippen LogP contribution in [0.3, 0.4) is 0 Å². The molecule has 0 radical (unpaired) electrons. The molecule has 0 fully saturated rings. The van der Waals surface area contributed by atoms with Gasteiger partial charge in [-0.15, -0.1) is 0 Å². The number of rotatable bonds is 6. The van der Waals surface area contributed by atoms with E-state index in [-0.39, 0.29) is 17.3 Å². The van der Waals surface area contributed by atoms with E-state index in [2.05, 4.69) is 4.98 Å². The molecule has 4 nitrogen and oxygen atoms in total. The highest BCUT2D eigenvalue weighted by Gasteiger charge is 2.13. The van der Waals surface area contributed by atoms with Crippen molar-refractivity contribution in [2.45, 2.75) is 11.5 Å². The fraction of sp³-hybridized carbons (Fsp3) is 0.167. The van der Waals surface area contributed by atoms with Crippen LogP contribution in [0.5, 0.6) is 5.75 Å². The first-order valence-corrected chi connectivity index (χ1v) is 9.30. The van der Waals surface area contributed by atoms with Crippen LogP contribution < -0.4 is 4.74 Å². The average Bonchev–Trinajstić information content (AvgIpc) is 3.03. The van der Waals surface area contributed by atoms with Gasteiger partial charge in [0.1, 0.15) is 6.26 Å². The zero-order valence-electron chi connectivity index (χ0n) is 13.4. The van der Waals surface area contributed by atoms with E-state index in [0.717, 1.165) is 0 Å². The summed E-state index contributed by atoms with van der Waals surface area (Å²) in [6.45, 7) is 0. The number of ether oxygens (including phenoxy) is 1. The van der Waals surface area contributed by atoms with Crippen molar-refractivity contribution in [1.82, 2.24) is 4.98 Å². The first-order valence-electron chi connectivity index (χ1n) is 7.43. The van der Waals surface area contributed by atoms with Crippen molar-refractivity contribution in [2.24, 2.45) is 0 Å². The highest BCUT2D eigenvalue weighted by atomic mass is 35.5. The Morgan fingerprint density at radius 2 is 2.04 bits per heavy atom. The van der Waals surface area contributed by atoms with Gasteiger partial charge >= 0.3 is 0 Å². The molecule has 0 aliphatic heterocycles. The molecule has 3 aromatic rings. The molecule has 0 N–H and O–H groups in total. The Hall–Kier alpha value is -2.18. The number of aromatic nitrogens is 1. The summed E-state index contributed by atoms with van der Waals surface area (Å²) < 4.78 is 36.3. The lowest BCUT2D eigenvalue weighted by atomic mass is 10.2. The Bertz CT molecular complexity index is 913. The molecule has 25 heavy (non-hydrogen) atoms. The van der Waals surface area contributed by atoms with Crippen LogP contribution in [0.1, 0.15) is 11.3 Å².